The van der Waals surface area contributed by atoms with Gasteiger partial charge in [-0.1, -0.05) is 106 Å². The normalized spacial score (nSPS) is 16.4. The summed E-state index contributed by atoms with van der Waals surface area (Å²) in [5, 5.41) is 4.55. The van der Waals surface area contributed by atoms with E-state index < -0.39 is 0 Å². The van der Waals surface area contributed by atoms with Crippen molar-refractivity contribution in [3.05, 3.63) is 147 Å². The molecule has 3 heterocycles. The third-order valence-electron chi connectivity index (χ3n) is 10.2. The summed E-state index contributed by atoms with van der Waals surface area (Å²) < 4.78 is 8.33. The van der Waals surface area contributed by atoms with Crippen LogP contribution in [0, 0.1) is 0 Å². The molecule has 7 rings (SSSR count). The molecular weight excluding hydrogens is 582 g/mol. The molecule has 1 aromatic heterocycles. The van der Waals surface area contributed by atoms with Crippen LogP contribution in [0.3, 0.4) is 0 Å². The van der Waals surface area contributed by atoms with Gasteiger partial charge in [0, 0.05) is 36.1 Å². The molecule has 0 unspecified atom stereocenters. The fourth-order valence-electron chi connectivity index (χ4n) is 7.52. The van der Waals surface area contributed by atoms with Crippen LogP contribution in [0.5, 0.6) is 0 Å². The second kappa shape index (κ2) is 12.9. The van der Waals surface area contributed by atoms with Gasteiger partial charge in [-0.2, -0.15) is 0 Å². The van der Waals surface area contributed by atoms with Gasteiger partial charge in [0.25, 0.3) is 11.5 Å². The van der Waals surface area contributed by atoms with Gasteiger partial charge < -0.3 is 10.1 Å². The molecule has 0 saturated carbocycles. The number of hydrogen-bond acceptors (Lipinski definition) is 4. The third-order valence-corrected chi connectivity index (χ3v) is 10.2. The van der Waals surface area contributed by atoms with Crippen molar-refractivity contribution in [2.75, 3.05) is 13.1 Å². The molecular formula is C41H43N3O3. The number of hydrogen-bond donors (Lipinski definition) is 1. The molecule has 1 N–H and O–H groups in total. The Bertz CT molecular complexity index is 1960. The van der Waals surface area contributed by atoms with Crippen molar-refractivity contribution in [1.82, 2.24) is 14.8 Å². The van der Waals surface area contributed by atoms with E-state index in [9.17, 15) is 9.59 Å². The van der Waals surface area contributed by atoms with Crippen LogP contribution in [-0.4, -0.2) is 28.5 Å². The monoisotopic (exact) mass is 625 g/mol. The number of pyridine rings is 1. The van der Waals surface area contributed by atoms with E-state index in [1.807, 2.05) is 72.8 Å². The van der Waals surface area contributed by atoms with Gasteiger partial charge in [0.1, 0.15) is 0 Å². The van der Waals surface area contributed by atoms with E-state index in [2.05, 4.69) is 61.3 Å². The molecule has 1 spiro atoms. The molecule has 1 atom stereocenters. The van der Waals surface area contributed by atoms with Gasteiger partial charge in [0.15, 0.2) is 0 Å². The number of aromatic nitrogens is 1. The number of para-hydroxylation sites is 1. The Morgan fingerprint density at radius 1 is 0.851 bits per heavy atom. The van der Waals surface area contributed by atoms with E-state index in [0.717, 1.165) is 43.6 Å². The standard InChI is InChI=1S/C41H43N3O3/c1-4-36(29-13-7-5-8-14-29)42-39(45)38-33-17-11-12-18-34(33)40(46)44(32-15-9-6-10-16-32)37(38)26-43-23-21-41(22-24-43)35-20-19-30(28(2)3)25-31(35)27-47-41/h5-20,25,28,36H,4,21-24,26-27H2,1-3H3,(H,42,45)/t36-/m0/s1. The fraction of sp³-hybridized carbons (Fsp3) is 0.317. The Balaban J connectivity index is 1.27. The van der Waals surface area contributed by atoms with Crippen molar-refractivity contribution in [2.45, 2.75) is 70.7 Å². The minimum absolute atomic E-state index is 0.115. The summed E-state index contributed by atoms with van der Waals surface area (Å²) in [7, 11) is 0. The summed E-state index contributed by atoms with van der Waals surface area (Å²) in [6.45, 7) is 9.25. The van der Waals surface area contributed by atoms with Crippen LogP contribution >= 0.6 is 0 Å². The van der Waals surface area contributed by atoms with Crippen molar-refractivity contribution in [3.63, 3.8) is 0 Å². The van der Waals surface area contributed by atoms with Crippen LogP contribution in [0.4, 0.5) is 0 Å². The molecule has 2 aliphatic heterocycles. The highest BCUT2D eigenvalue weighted by atomic mass is 16.5. The number of piperidine rings is 1. The van der Waals surface area contributed by atoms with Gasteiger partial charge in [-0.05, 0) is 65.6 Å². The maximum absolute atomic E-state index is 14.5. The topological polar surface area (TPSA) is 63.6 Å². The number of nitrogens with zero attached hydrogens (tertiary/aromatic N) is 2. The number of nitrogens with one attached hydrogen (secondary N) is 1. The largest absolute Gasteiger partial charge is 0.365 e. The van der Waals surface area contributed by atoms with Crippen LogP contribution in [0.15, 0.2) is 108 Å². The number of fused-ring (bicyclic) bond motifs is 3. The highest BCUT2D eigenvalue weighted by Gasteiger charge is 2.43. The third kappa shape index (κ3) is 5.81. The summed E-state index contributed by atoms with van der Waals surface area (Å²) in [5.41, 5.74) is 6.66. The lowest BCUT2D eigenvalue weighted by molar-refractivity contribution is -0.0801. The summed E-state index contributed by atoms with van der Waals surface area (Å²) in [6.07, 6.45) is 2.46. The van der Waals surface area contributed by atoms with E-state index in [1.54, 1.807) is 4.57 Å². The molecule has 240 valence electrons. The van der Waals surface area contributed by atoms with Crippen LogP contribution < -0.4 is 10.9 Å². The molecule has 5 aromatic rings. The first-order valence-electron chi connectivity index (χ1n) is 17.0. The lowest BCUT2D eigenvalue weighted by Gasteiger charge is -2.39. The Morgan fingerprint density at radius 2 is 1.51 bits per heavy atom. The molecule has 1 amide bonds. The van der Waals surface area contributed by atoms with Gasteiger partial charge in [-0.3, -0.25) is 19.1 Å². The number of carbonyl (C=O) groups excluding carboxylic acids is 1. The number of rotatable bonds is 8. The molecule has 6 heteroatoms. The lowest BCUT2D eigenvalue weighted by Crippen LogP contribution is -2.43. The van der Waals surface area contributed by atoms with Crippen LogP contribution in [0.1, 0.15) is 90.3 Å². The van der Waals surface area contributed by atoms with Gasteiger partial charge in [-0.25, -0.2) is 0 Å². The first kappa shape index (κ1) is 31.1. The highest BCUT2D eigenvalue weighted by Crippen LogP contribution is 2.45. The van der Waals surface area contributed by atoms with Crippen molar-refractivity contribution in [3.8, 4) is 5.69 Å². The number of benzene rings is 4. The predicted octanol–water partition coefficient (Wildman–Crippen LogP) is 8.02. The Morgan fingerprint density at radius 3 is 2.19 bits per heavy atom. The molecule has 0 aliphatic carbocycles. The highest BCUT2D eigenvalue weighted by molar-refractivity contribution is 6.08. The second-order valence-electron chi connectivity index (χ2n) is 13.3. The van der Waals surface area contributed by atoms with Crippen molar-refractivity contribution in [2.24, 2.45) is 0 Å². The summed E-state index contributed by atoms with van der Waals surface area (Å²) >= 11 is 0. The van der Waals surface area contributed by atoms with Crippen molar-refractivity contribution >= 4 is 16.7 Å². The molecule has 4 aromatic carbocycles. The lowest BCUT2D eigenvalue weighted by atomic mass is 9.82. The predicted molar refractivity (Wildman–Crippen MR) is 188 cm³/mol. The fourth-order valence-corrected chi connectivity index (χ4v) is 7.52. The zero-order chi connectivity index (χ0) is 32.5. The van der Waals surface area contributed by atoms with Gasteiger partial charge in [-0.15, -0.1) is 0 Å². The molecule has 1 fully saturated rings. The van der Waals surface area contributed by atoms with E-state index in [1.165, 1.54) is 16.7 Å². The smallest absolute Gasteiger partial charge is 0.263 e. The van der Waals surface area contributed by atoms with Crippen LogP contribution in [-0.2, 0) is 23.5 Å². The maximum Gasteiger partial charge on any atom is 0.263 e. The zero-order valence-corrected chi connectivity index (χ0v) is 27.5. The van der Waals surface area contributed by atoms with E-state index in [0.29, 0.717) is 41.1 Å². The summed E-state index contributed by atoms with van der Waals surface area (Å²) in [5.74, 6) is 0.314. The van der Waals surface area contributed by atoms with E-state index in [-0.39, 0.29) is 23.1 Å². The molecule has 2 aliphatic rings. The summed E-state index contributed by atoms with van der Waals surface area (Å²) in [4.78, 5) is 31.2. The van der Waals surface area contributed by atoms with E-state index >= 15 is 0 Å². The first-order valence-corrected chi connectivity index (χ1v) is 17.0. The Hall–Kier alpha value is -4.52. The molecule has 0 radical (unpaired) electrons. The van der Waals surface area contributed by atoms with Crippen molar-refractivity contribution in [1.29, 1.82) is 0 Å². The number of carbonyl (C=O) groups is 1. The van der Waals surface area contributed by atoms with Gasteiger partial charge in [0.2, 0.25) is 0 Å². The molecule has 0 bridgehead atoms. The minimum atomic E-state index is -0.284. The minimum Gasteiger partial charge on any atom is -0.365 e. The SMILES string of the molecule is CC[C@H](NC(=O)c1c(CN2CCC3(CC2)OCc2cc(C(C)C)ccc23)n(-c2ccccc2)c(=O)c2ccccc12)c1ccccc1. The number of amides is 1. The van der Waals surface area contributed by atoms with Gasteiger partial charge in [0.05, 0.1) is 29.5 Å². The van der Waals surface area contributed by atoms with E-state index in [4.69, 9.17) is 4.74 Å². The quantitative estimate of drug-likeness (QED) is 0.190. The average molecular weight is 626 g/mol. The Kier molecular flexibility index (Phi) is 8.56. The summed E-state index contributed by atoms with van der Waals surface area (Å²) in [6, 6.07) is 34.0. The first-order chi connectivity index (χ1) is 22.9. The van der Waals surface area contributed by atoms with Crippen LogP contribution in [0.2, 0.25) is 0 Å². The average Bonchev–Trinajstić information content (AvgIpc) is 3.46. The number of likely N-dealkylation sites (tertiary alicyclic amines) is 1. The maximum atomic E-state index is 14.5. The molecule has 1 saturated heterocycles. The van der Waals surface area contributed by atoms with Gasteiger partial charge >= 0.3 is 0 Å². The zero-order valence-electron chi connectivity index (χ0n) is 27.5. The molecule has 6 nitrogen and oxygen atoms in total. The molecule has 47 heavy (non-hydrogen) atoms. The Labute approximate surface area is 277 Å². The second-order valence-corrected chi connectivity index (χ2v) is 13.3. The van der Waals surface area contributed by atoms with Crippen LogP contribution in [0.25, 0.3) is 16.5 Å². The number of ether oxygens (including phenoxy) is 1. The van der Waals surface area contributed by atoms with Crippen molar-refractivity contribution < 1.29 is 9.53 Å².